The lowest BCUT2D eigenvalue weighted by molar-refractivity contribution is -0.138. The molecule has 3 N–H and O–H groups in total. The van der Waals surface area contributed by atoms with E-state index in [9.17, 15) is 49.5 Å². The smallest absolute Gasteiger partial charge is 0.418 e. The SMILES string of the molecule is O=C(NS(=O)(=O)c1ccc(NCCSc2ccccc2)c(C(F)(F)F)c1)c1ccc(N2CCN(C(=O)c3cc(-c4cccc(O)c4)cc(C(F)(F)F)c3)CC2)nn1. The number of aromatic hydroxyl groups is 1. The summed E-state index contributed by atoms with van der Waals surface area (Å²) in [6.45, 7) is 0.671. The summed E-state index contributed by atoms with van der Waals surface area (Å²) >= 11 is 1.43. The van der Waals surface area contributed by atoms with E-state index in [1.807, 2.05) is 30.3 Å². The lowest BCUT2D eigenvalue weighted by Crippen LogP contribution is -2.49. The number of benzene rings is 4. The number of phenols is 1. The van der Waals surface area contributed by atoms with Crippen LogP contribution >= 0.6 is 11.8 Å². The van der Waals surface area contributed by atoms with Crippen molar-refractivity contribution in [1.29, 1.82) is 0 Å². The number of phenolic OH excluding ortho intramolecular Hbond substituents is 1. The Balaban J connectivity index is 1.07. The summed E-state index contributed by atoms with van der Waals surface area (Å²) in [4.78, 5) is 29.5. The molecule has 0 bridgehead atoms. The molecule has 57 heavy (non-hydrogen) atoms. The highest BCUT2D eigenvalue weighted by Gasteiger charge is 2.36. The lowest BCUT2D eigenvalue weighted by atomic mass is 9.98. The maximum absolute atomic E-state index is 14.0. The number of thioether (sulfide) groups is 1. The molecule has 5 aromatic rings. The largest absolute Gasteiger partial charge is 0.508 e. The number of aromatic nitrogens is 2. The average Bonchev–Trinajstić information content (AvgIpc) is 3.18. The molecule has 11 nitrogen and oxygen atoms in total. The second kappa shape index (κ2) is 16.7. The van der Waals surface area contributed by atoms with E-state index < -0.39 is 55.9 Å². The number of hydrogen-bond donors (Lipinski definition) is 3. The molecule has 298 valence electrons. The molecule has 0 radical (unpaired) electrons. The minimum Gasteiger partial charge on any atom is -0.508 e. The monoisotopic (exact) mass is 830 g/mol. The Morgan fingerprint density at radius 2 is 1.51 bits per heavy atom. The first-order valence-corrected chi connectivity index (χ1v) is 19.5. The van der Waals surface area contributed by atoms with Crippen LogP contribution in [0.25, 0.3) is 11.1 Å². The van der Waals surface area contributed by atoms with Crippen LogP contribution in [-0.2, 0) is 22.4 Å². The fourth-order valence-electron chi connectivity index (χ4n) is 5.89. The number of alkyl halides is 6. The van der Waals surface area contributed by atoms with Crippen molar-refractivity contribution < 1.29 is 49.5 Å². The summed E-state index contributed by atoms with van der Waals surface area (Å²) < 4.78 is 111. The standard InChI is InChI=1S/C38H32F6N6O5S2/c39-37(40,41)27-20-25(24-5-4-6-28(51)22-24)19-26(21-27)36(53)50-16-14-49(15-17-50)34-12-11-33(46-47-34)35(52)48-57(54,55)30-9-10-32(31(23-30)38(42,43)44)45-13-18-56-29-7-2-1-3-8-29/h1-12,19-23,45,51H,13-18H2,(H,48,52). The molecule has 0 unspecified atom stereocenters. The van der Waals surface area contributed by atoms with Gasteiger partial charge in [0.25, 0.3) is 21.8 Å². The van der Waals surface area contributed by atoms with E-state index in [0.29, 0.717) is 11.8 Å². The quantitative estimate of drug-likeness (QED) is 0.0712. The normalized spacial score (nSPS) is 13.6. The van der Waals surface area contributed by atoms with E-state index in [0.717, 1.165) is 35.2 Å². The number of piperazine rings is 1. The number of carbonyl (C=O) groups excluding carboxylic acids is 2. The molecule has 1 aliphatic rings. The predicted molar refractivity (Wildman–Crippen MR) is 200 cm³/mol. The van der Waals surface area contributed by atoms with E-state index >= 15 is 0 Å². The van der Waals surface area contributed by atoms with Crippen LogP contribution < -0.4 is 14.9 Å². The van der Waals surface area contributed by atoms with Crippen molar-refractivity contribution in [3.8, 4) is 16.9 Å². The van der Waals surface area contributed by atoms with Gasteiger partial charge in [0.2, 0.25) is 0 Å². The Bertz CT molecular complexity index is 2360. The Morgan fingerprint density at radius 1 is 0.772 bits per heavy atom. The van der Waals surface area contributed by atoms with Crippen molar-refractivity contribution in [1.82, 2.24) is 19.8 Å². The minimum atomic E-state index is -4.92. The Hall–Kier alpha value is -5.82. The van der Waals surface area contributed by atoms with E-state index in [1.165, 1.54) is 53.1 Å². The molecule has 2 heterocycles. The van der Waals surface area contributed by atoms with Crippen LogP contribution in [0.4, 0.5) is 37.8 Å². The van der Waals surface area contributed by atoms with Crippen molar-refractivity contribution in [3.05, 3.63) is 126 Å². The average molecular weight is 831 g/mol. The van der Waals surface area contributed by atoms with Crippen LogP contribution in [0, 0.1) is 0 Å². The number of anilines is 2. The van der Waals surface area contributed by atoms with Gasteiger partial charge in [-0.2, -0.15) is 26.3 Å². The molecule has 0 spiro atoms. The zero-order valence-electron chi connectivity index (χ0n) is 29.5. The topological polar surface area (TPSA) is 145 Å². The maximum Gasteiger partial charge on any atom is 0.418 e. The first-order valence-electron chi connectivity index (χ1n) is 17.1. The van der Waals surface area contributed by atoms with Gasteiger partial charge in [0, 0.05) is 54.6 Å². The number of rotatable bonds is 11. The Kier molecular flexibility index (Phi) is 12.0. The fourth-order valence-corrected chi connectivity index (χ4v) is 7.66. The zero-order chi connectivity index (χ0) is 41.0. The van der Waals surface area contributed by atoms with Crippen molar-refractivity contribution in [2.75, 3.05) is 48.7 Å². The third kappa shape index (κ3) is 10.1. The molecule has 1 saturated heterocycles. The molecule has 0 atom stereocenters. The highest BCUT2D eigenvalue weighted by atomic mass is 32.2. The van der Waals surface area contributed by atoms with Crippen LogP contribution in [0.3, 0.4) is 0 Å². The molecule has 4 aromatic carbocycles. The first-order chi connectivity index (χ1) is 27.0. The van der Waals surface area contributed by atoms with Gasteiger partial charge in [-0.15, -0.1) is 22.0 Å². The van der Waals surface area contributed by atoms with Crippen molar-refractivity contribution >= 4 is 45.1 Å². The van der Waals surface area contributed by atoms with Crippen molar-refractivity contribution in [2.45, 2.75) is 22.1 Å². The van der Waals surface area contributed by atoms with Gasteiger partial charge in [-0.3, -0.25) is 9.59 Å². The molecule has 19 heteroatoms. The zero-order valence-corrected chi connectivity index (χ0v) is 31.1. The van der Waals surface area contributed by atoms with E-state index in [1.54, 1.807) is 9.62 Å². The number of amides is 2. The van der Waals surface area contributed by atoms with Crippen molar-refractivity contribution in [2.24, 2.45) is 0 Å². The number of sulfonamides is 1. The highest BCUT2D eigenvalue weighted by Crippen LogP contribution is 2.37. The summed E-state index contributed by atoms with van der Waals surface area (Å²) in [5.41, 5.74) is -2.86. The summed E-state index contributed by atoms with van der Waals surface area (Å²) in [5.74, 6) is -1.37. The molecule has 6 rings (SSSR count). The molecule has 1 fully saturated rings. The van der Waals surface area contributed by atoms with Gasteiger partial charge in [0.05, 0.1) is 16.0 Å². The number of carbonyl (C=O) groups is 2. The summed E-state index contributed by atoms with van der Waals surface area (Å²) in [6.07, 6.45) is -9.66. The molecular weight excluding hydrogens is 799 g/mol. The highest BCUT2D eigenvalue weighted by molar-refractivity contribution is 7.99. The number of hydrogen-bond acceptors (Lipinski definition) is 10. The van der Waals surface area contributed by atoms with Crippen LogP contribution in [0.5, 0.6) is 5.75 Å². The molecule has 1 aliphatic heterocycles. The molecule has 2 amide bonds. The number of nitrogens with one attached hydrogen (secondary N) is 2. The van der Waals surface area contributed by atoms with Gasteiger partial charge in [0.15, 0.2) is 11.5 Å². The molecule has 0 saturated carbocycles. The predicted octanol–water partition coefficient (Wildman–Crippen LogP) is 7.17. The maximum atomic E-state index is 14.0. The van der Waals surface area contributed by atoms with Crippen LogP contribution in [-0.4, -0.2) is 78.9 Å². The van der Waals surface area contributed by atoms with E-state index in [2.05, 4.69) is 15.5 Å². The van der Waals surface area contributed by atoms with Crippen LogP contribution in [0.1, 0.15) is 32.0 Å². The Morgan fingerprint density at radius 3 is 2.16 bits per heavy atom. The fraction of sp³-hybridized carbons (Fsp3) is 0.211. The molecule has 0 aliphatic carbocycles. The lowest BCUT2D eigenvalue weighted by Gasteiger charge is -2.35. The van der Waals surface area contributed by atoms with Gasteiger partial charge in [-0.1, -0.05) is 30.3 Å². The van der Waals surface area contributed by atoms with Gasteiger partial charge >= 0.3 is 12.4 Å². The van der Waals surface area contributed by atoms with Crippen LogP contribution in [0.15, 0.2) is 113 Å². The molecule has 1 aromatic heterocycles. The second-order valence-corrected chi connectivity index (χ2v) is 15.5. The summed E-state index contributed by atoms with van der Waals surface area (Å²) in [5, 5.41) is 20.3. The van der Waals surface area contributed by atoms with Crippen LogP contribution in [0.2, 0.25) is 0 Å². The summed E-state index contributed by atoms with van der Waals surface area (Å²) in [7, 11) is -4.79. The van der Waals surface area contributed by atoms with Gasteiger partial charge in [0.1, 0.15) is 5.75 Å². The first kappa shape index (κ1) is 40.8. The molecular formula is C38H32F6N6O5S2. The third-order valence-corrected chi connectivity index (χ3v) is 11.1. The minimum absolute atomic E-state index is 0.0829. The second-order valence-electron chi connectivity index (χ2n) is 12.6. The van der Waals surface area contributed by atoms with Crippen molar-refractivity contribution in [3.63, 3.8) is 0 Å². The van der Waals surface area contributed by atoms with E-state index in [-0.39, 0.29) is 66.7 Å². The third-order valence-electron chi connectivity index (χ3n) is 8.72. The Labute approximate surface area is 326 Å². The van der Waals surface area contributed by atoms with Gasteiger partial charge < -0.3 is 20.2 Å². The van der Waals surface area contributed by atoms with Gasteiger partial charge in [-0.25, -0.2) is 13.1 Å². The number of nitrogens with zero attached hydrogens (tertiary/aromatic N) is 4. The van der Waals surface area contributed by atoms with E-state index in [4.69, 9.17) is 0 Å². The summed E-state index contributed by atoms with van der Waals surface area (Å²) in [6, 6.07) is 22.7. The van der Waals surface area contributed by atoms with Gasteiger partial charge in [-0.05, 0) is 83.9 Å². The number of halogens is 6.